The average Bonchev–Trinajstić information content (AvgIpc) is 3.61. The number of imidazole rings is 1. The molecule has 0 aliphatic carbocycles. The molecule has 8 nitrogen and oxygen atoms in total. The predicted molar refractivity (Wildman–Crippen MR) is 140 cm³/mol. The molecule has 0 radical (unpaired) electrons. The van der Waals surface area contributed by atoms with Crippen LogP contribution in [0.4, 0.5) is 21.8 Å². The van der Waals surface area contributed by atoms with Crippen molar-refractivity contribution >= 4 is 29.1 Å². The number of fused-ring (bicyclic) bond motifs is 1. The number of hydrogen-bond donors (Lipinski definition) is 1. The molecule has 2 aromatic carbocycles. The lowest BCUT2D eigenvalue weighted by Gasteiger charge is -2.30. The summed E-state index contributed by atoms with van der Waals surface area (Å²) in [5.74, 6) is 1.78. The Bertz CT molecular complexity index is 1420. The zero-order chi connectivity index (χ0) is 25.4. The highest BCUT2D eigenvalue weighted by Crippen LogP contribution is 2.38. The lowest BCUT2D eigenvalue weighted by atomic mass is 9.98. The maximum Gasteiger partial charge on any atom is 0.229 e. The van der Waals surface area contributed by atoms with Gasteiger partial charge in [0.15, 0.2) is 0 Å². The van der Waals surface area contributed by atoms with Gasteiger partial charge in [0.1, 0.15) is 35.0 Å². The van der Waals surface area contributed by atoms with Gasteiger partial charge in [-0.3, -0.25) is 0 Å². The largest absolute Gasteiger partial charge is 0.494 e. The molecule has 4 heterocycles. The third kappa shape index (κ3) is 4.72. The molecule has 190 valence electrons. The van der Waals surface area contributed by atoms with Gasteiger partial charge >= 0.3 is 0 Å². The third-order valence-corrected chi connectivity index (χ3v) is 6.94. The Hall–Kier alpha value is -3.69. The third-order valence-electron chi connectivity index (χ3n) is 6.75. The first-order chi connectivity index (χ1) is 18.1. The minimum absolute atomic E-state index is 0.280. The first-order valence-electron chi connectivity index (χ1n) is 12.3. The van der Waals surface area contributed by atoms with E-state index >= 15 is 0 Å². The minimum Gasteiger partial charge on any atom is -0.494 e. The monoisotopic (exact) mass is 520 g/mol. The molecule has 1 fully saturated rings. The second-order valence-corrected chi connectivity index (χ2v) is 9.48. The summed E-state index contributed by atoms with van der Waals surface area (Å²) in [7, 11) is 1.62. The number of nitrogens with zero attached hydrogens (tertiary/aromatic N) is 5. The van der Waals surface area contributed by atoms with Crippen LogP contribution in [-0.4, -0.2) is 46.3 Å². The zero-order valence-electron chi connectivity index (χ0n) is 20.3. The van der Waals surface area contributed by atoms with Gasteiger partial charge in [-0.1, -0.05) is 23.7 Å². The Balaban J connectivity index is 1.39. The molecule has 2 aliphatic rings. The molecule has 1 saturated heterocycles. The van der Waals surface area contributed by atoms with E-state index in [4.69, 9.17) is 31.0 Å². The van der Waals surface area contributed by atoms with Crippen molar-refractivity contribution in [3.05, 3.63) is 82.8 Å². The molecule has 1 unspecified atom stereocenters. The molecule has 10 heteroatoms. The Morgan fingerprint density at radius 2 is 1.92 bits per heavy atom. The maximum absolute atomic E-state index is 13.6. The molecule has 4 aromatic rings. The topological polar surface area (TPSA) is 77.3 Å². The highest BCUT2D eigenvalue weighted by molar-refractivity contribution is 6.29. The Morgan fingerprint density at radius 1 is 1.11 bits per heavy atom. The van der Waals surface area contributed by atoms with E-state index in [0.29, 0.717) is 23.5 Å². The molecule has 6 rings (SSSR count). The zero-order valence-corrected chi connectivity index (χ0v) is 21.1. The first-order valence-corrected chi connectivity index (χ1v) is 12.6. The average molecular weight is 521 g/mol. The second-order valence-electron chi connectivity index (χ2n) is 9.10. The summed E-state index contributed by atoms with van der Waals surface area (Å²) in [5.41, 5.74) is 4.35. The number of methoxy groups -OCH3 is 1. The van der Waals surface area contributed by atoms with Crippen molar-refractivity contribution in [2.45, 2.75) is 25.4 Å². The fourth-order valence-corrected chi connectivity index (χ4v) is 5.12. The van der Waals surface area contributed by atoms with Crippen LogP contribution in [0.3, 0.4) is 0 Å². The number of benzene rings is 2. The standard InChI is InChI=1S/C27H26ClFN6O2/c1-36-22-14-19(8-9-21(22)35-15-23(28)30-16-35)31-27-32-24-20(26(33-27)34-11-2-3-12-34)10-13-37-25(24)17-4-6-18(29)7-5-17/h4-9,14-16,25H,2-3,10-13H2,1H3,(H,31,32,33). The molecule has 1 N–H and O–H groups in total. The van der Waals surface area contributed by atoms with Gasteiger partial charge in [0.05, 0.1) is 25.1 Å². The summed E-state index contributed by atoms with van der Waals surface area (Å²) in [6, 6.07) is 12.2. The van der Waals surface area contributed by atoms with Gasteiger partial charge in [-0.05, 0) is 42.7 Å². The Morgan fingerprint density at radius 3 is 2.65 bits per heavy atom. The first kappa shape index (κ1) is 23.7. The highest BCUT2D eigenvalue weighted by atomic mass is 35.5. The van der Waals surface area contributed by atoms with E-state index < -0.39 is 6.10 Å². The molecule has 0 saturated carbocycles. The normalized spacial score (nSPS) is 17.1. The molecule has 0 amide bonds. The Labute approximate surface area is 219 Å². The lowest BCUT2D eigenvalue weighted by molar-refractivity contribution is 0.0664. The molecular weight excluding hydrogens is 495 g/mol. The van der Waals surface area contributed by atoms with Crippen LogP contribution in [0.1, 0.15) is 35.8 Å². The molecule has 0 spiro atoms. The minimum atomic E-state index is -0.392. The quantitative estimate of drug-likeness (QED) is 0.361. The molecule has 37 heavy (non-hydrogen) atoms. The predicted octanol–water partition coefficient (Wildman–Crippen LogP) is 5.47. The SMILES string of the molecule is COc1cc(Nc2nc3c(c(N4CCCC4)n2)CCOC3c2ccc(F)cc2)ccc1-n1cnc(Cl)c1. The van der Waals surface area contributed by atoms with Crippen LogP contribution in [-0.2, 0) is 11.2 Å². The van der Waals surface area contributed by atoms with Crippen molar-refractivity contribution in [1.82, 2.24) is 19.5 Å². The number of hydrogen-bond acceptors (Lipinski definition) is 7. The van der Waals surface area contributed by atoms with Gasteiger partial charge in [-0.2, -0.15) is 4.98 Å². The van der Waals surface area contributed by atoms with Crippen molar-refractivity contribution in [3.63, 3.8) is 0 Å². The van der Waals surface area contributed by atoms with Gasteiger partial charge in [0.2, 0.25) is 5.95 Å². The summed E-state index contributed by atoms with van der Waals surface area (Å²) < 4.78 is 27.2. The van der Waals surface area contributed by atoms with Crippen molar-refractivity contribution in [2.75, 3.05) is 37.0 Å². The second kappa shape index (κ2) is 9.99. The number of ether oxygens (including phenoxy) is 2. The lowest BCUT2D eigenvalue weighted by Crippen LogP contribution is -2.27. The van der Waals surface area contributed by atoms with Gasteiger partial charge in [-0.15, -0.1) is 0 Å². The molecule has 2 aliphatic heterocycles. The molecule has 2 aromatic heterocycles. The highest BCUT2D eigenvalue weighted by Gasteiger charge is 2.30. The van der Waals surface area contributed by atoms with E-state index in [9.17, 15) is 4.39 Å². The van der Waals surface area contributed by atoms with Gasteiger partial charge < -0.3 is 24.3 Å². The van der Waals surface area contributed by atoms with E-state index in [2.05, 4.69) is 15.2 Å². The number of rotatable bonds is 6. The van der Waals surface area contributed by atoms with E-state index in [1.807, 2.05) is 18.2 Å². The molecular formula is C27H26ClFN6O2. The van der Waals surface area contributed by atoms with Crippen LogP contribution in [0.5, 0.6) is 5.75 Å². The maximum atomic E-state index is 13.6. The fourth-order valence-electron chi connectivity index (χ4n) is 4.97. The van der Waals surface area contributed by atoms with Crippen LogP contribution >= 0.6 is 11.6 Å². The summed E-state index contributed by atoms with van der Waals surface area (Å²) in [6.07, 6.45) is 5.97. The summed E-state index contributed by atoms with van der Waals surface area (Å²) >= 11 is 6.00. The summed E-state index contributed by atoms with van der Waals surface area (Å²) in [6.45, 7) is 2.48. The van der Waals surface area contributed by atoms with Gasteiger partial charge in [0.25, 0.3) is 0 Å². The van der Waals surface area contributed by atoms with Crippen LogP contribution < -0.4 is 15.0 Å². The fraction of sp³-hybridized carbons (Fsp3) is 0.296. The smallest absolute Gasteiger partial charge is 0.229 e. The summed E-state index contributed by atoms with van der Waals surface area (Å²) in [5, 5.41) is 3.76. The van der Waals surface area contributed by atoms with Gasteiger partial charge in [0, 0.05) is 43.0 Å². The van der Waals surface area contributed by atoms with Crippen LogP contribution in [0.25, 0.3) is 5.69 Å². The summed E-state index contributed by atoms with van der Waals surface area (Å²) in [4.78, 5) is 16.3. The van der Waals surface area contributed by atoms with Crippen molar-refractivity contribution in [2.24, 2.45) is 0 Å². The van der Waals surface area contributed by atoms with E-state index in [1.54, 1.807) is 36.3 Å². The van der Waals surface area contributed by atoms with E-state index in [1.165, 1.54) is 12.1 Å². The van der Waals surface area contributed by atoms with Crippen molar-refractivity contribution in [3.8, 4) is 11.4 Å². The van der Waals surface area contributed by atoms with Crippen LogP contribution in [0, 0.1) is 5.82 Å². The van der Waals surface area contributed by atoms with Crippen LogP contribution in [0.15, 0.2) is 55.0 Å². The van der Waals surface area contributed by atoms with Crippen LogP contribution in [0.2, 0.25) is 5.15 Å². The van der Waals surface area contributed by atoms with Gasteiger partial charge in [-0.25, -0.2) is 14.4 Å². The molecule has 0 bridgehead atoms. The van der Waals surface area contributed by atoms with E-state index in [0.717, 1.165) is 66.4 Å². The van der Waals surface area contributed by atoms with E-state index in [-0.39, 0.29) is 5.82 Å². The van der Waals surface area contributed by atoms with Crippen molar-refractivity contribution < 1.29 is 13.9 Å². The Kier molecular flexibility index (Phi) is 6.40. The number of nitrogens with one attached hydrogen (secondary N) is 1. The number of halogens is 2. The number of aromatic nitrogens is 4. The molecule has 1 atom stereocenters. The number of anilines is 3. The van der Waals surface area contributed by atoms with Crippen molar-refractivity contribution in [1.29, 1.82) is 0 Å².